The van der Waals surface area contributed by atoms with Gasteiger partial charge in [0, 0.05) is 18.3 Å². The summed E-state index contributed by atoms with van der Waals surface area (Å²) in [4.78, 5) is 0. The van der Waals surface area contributed by atoms with Crippen LogP contribution in [0.25, 0.3) is 0 Å². The standard InChI is InChI=1S/C17H21NO2/c1-12-5-7-14(8-6-12)11-18-15-10-17(20-4)16(19-3)9-13(15)2/h5-10,18H,11H2,1-4H3. The van der Waals surface area contributed by atoms with Crippen LogP contribution in [0.15, 0.2) is 36.4 Å². The quantitative estimate of drug-likeness (QED) is 0.893. The Kier molecular flexibility index (Phi) is 4.51. The first-order valence-corrected chi connectivity index (χ1v) is 6.66. The molecule has 0 amide bonds. The topological polar surface area (TPSA) is 30.5 Å². The maximum atomic E-state index is 5.33. The van der Waals surface area contributed by atoms with Crippen molar-refractivity contribution in [1.82, 2.24) is 0 Å². The molecule has 0 aliphatic carbocycles. The molecule has 2 aromatic rings. The van der Waals surface area contributed by atoms with Gasteiger partial charge in [0.15, 0.2) is 11.5 Å². The molecule has 20 heavy (non-hydrogen) atoms. The number of benzene rings is 2. The summed E-state index contributed by atoms with van der Waals surface area (Å²) in [5.41, 5.74) is 4.72. The molecular formula is C17H21NO2. The third kappa shape index (κ3) is 3.23. The van der Waals surface area contributed by atoms with Crippen molar-refractivity contribution in [3.05, 3.63) is 53.1 Å². The average Bonchev–Trinajstić information content (AvgIpc) is 2.47. The van der Waals surface area contributed by atoms with Gasteiger partial charge in [-0.2, -0.15) is 0 Å². The highest BCUT2D eigenvalue weighted by atomic mass is 16.5. The third-order valence-corrected chi connectivity index (χ3v) is 3.33. The number of anilines is 1. The molecule has 0 saturated heterocycles. The number of rotatable bonds is 5. The second-order valence-electron chi connectivity index (χ2n) is 4.86. The predicted molar refractivity (Wildman–Crippen MR) is 82.8 cm³/mol. The molecule has 3 heteroatoms. The smallest absolute Gasteiger partial charge is 0.162 e. The van der Waals surface area contributed by atoms with Crippen LogP contribution in [0.3, 0.4) is 0 Å². The van der Waals surface area contributed by atoms with E-state index in [0.717, 1.165) is 29.3 Å². The summed E-state index contributed by atoms with van der Waals surface area (Å²) in [7, 11) is 3.30. The number of hydrogen-bond donors (Lipinski definition) is 1. The van der Waals surface area contributed by atoms with Gasteiger partial charge in [0.2, 0.25) is 0 Å². The molecule has 2 aromatic carbocycles. The largest absolute Gasteiger partial charge is 0.493 e. The van der Waals surface area contributed by atoms with E-state index in [2.05, 4.69) is 43.4 Å². The Hall–Kier alpha value is -2.16. The minimum Gasteiger partial charge on any atom is -0.493 e. The highest BCUT2D eigenvalue weighted by Crippen LogP contribution is 2.33. The molecule has 0 unspecified atom stereocenters. The van der Waals surface area contributed by atoms with Gasteiger partial charge in [-0.25, -0.2) is 0 Å². The van der Waals surface area contributed by atoms with Gasteiger partial charge in [-0.1, -0.05) is 29.8 Å². The second-order valence-corrected chi connectivity index (χ2v) is 4.86. The summed E-state index contributed by atoms with van der Waals surface area (Å²) < 4.78 is 10.6. The van der Waals surface area contributed by atoms with Crippen LogP contribution in [0.5, 0.6) is 11.5 Å². The summed E-state index contributed by atoms with van der Waals surface area (Å²) in [5, 5.41) is 3.44. The van der Waals surface area contributed by atoms with Crippen LogP contribution in [0.2, 0.25) is 0 Å². The molecule has 3 nitrogen and oxygen atoms in total. The number of aryl methyl sites for hydroxylation is 2. The Morgan fingerprint density at radius 2 is 1.50 bits per heavy atom. The maximum absolute atomic E-state index is 5.33. The molecule has 1 N–H and O–H groups in total. The van der Waals surface area contributed by atoms with E-state index in [0.29, 0.717) is 0 Å². The van der Waals surface area contributed by atoms with E-state index in [-0.39, 0.29) is 0 Å². The minimum absolute atomic E-state index is 0.740. The third-order valence-electron chi connectivity index (χ3n) is 3.33. The van der Waals surface area contributed by atoms with Gasteiger partial charge in [-0.3, -0.25) is 0 Å². The lowest BCUT2D eigenvalue weighted by atomic mass is 10.1. The summed E-state index contributed by atoms with van der Waals surface area (Å²) in [6.45, 7) is 4.94. The molecule has 0 aliphatic rings. The van der Waals surface area contributed by atoms with E-state index in [9.17, 15) is 0 Å². The van der Waals surface area contributed by atoms with Crippen molar-refractivity contribution in [2.45, 2.75) is 20.4 Å². The number of hydrogen-bond acceptors (Lipinski definition) is 3. The normalized spacial score (nSPS) is 10.2. The van der Waals surface area contributed by atoms with Crippen molar-refractivity contribution in [3.8, 4) is 11.5 Å². The number of methoxy groups -OCH3 is 2. The SMILES string of the molecule is COc1cc(C)c(NCc2ccc(C)cc2)cc1OC. The Bertz CT molecular complexity index is 576. The van der Waals surface area contributed by atoms with Gasteiger partial charge in [-0.15, -0.1) is 0 Å². The van der Waals surface area contributed by atoms with Gasteiger partial charge in [0.05, 0.1) is 14.2 Å². The van der Waals surface area contributed by atoms with Gasteiger partial charge in [-0.05, 0) is 31.0 Å². The van der Waals surface area contributed by atoms with Crippen LogP contribution in [0.1, 0.15) is 16.7 Å². The van der Waals surface area contributed by atoms with Gasteiger partial charge < -0.3 is 14.8 Å². The van der Waals surface area contributed by atoms with E-state index in [1.54, 1.807) is 14.2 Å². The van der Waals surface area contributed by atoms with Crippen molar-refractivity contribution < 1.29 is 9.47 Å². The summed E-state index contributed by atoms with van der Waals surface area (Å²) in [6, 6.07) is 12.5. The second kappa shape index (κ2) is 6.33. The molecule has 0 aliphatic heterocycles. The van der Waals surface area contributed by atoms with Crippen LogP contribution < -0.4 is 14.8 Å². The Morgan fingerprint density at radius 3 is 2.10 bits per heavy atom. The predicted octanol–water partition coefficient (Wildman–Crippen LogP) is 3.93. The van der Waals surface area contributed by atoms with Gasteiger partial charge in [0.25, 0.3) is 0 Å². The summed E-state index contributed by atoms with van der Waals surface area (Å²) in [5.74, 6) is 1.50. The fourth-order valence-electron chi connectivity index (χ4n) is 2.07. The highest BCUT2D eigenvalue weighted by Gasteiger charge is 2.08. The fourth-order valence-corrected chi connectivity index (χ4v) is 2.07. The molecule has 0 heterocycles. The van der Waals surface area contributed by atoms with Crippen LogP contribution in [0.4, 0.5) is 5.69 Å². The fraction of sp³-hybridized carbons (Fsp3) is 0.294. The molecule has 0 bridgehead atoms. The minimum atomic E-state index is 0.740. The first-order chi connectivity index (χ1) is 9.63. The zero-order valence-electron chi connectivity index (χ0n) is 12.5. The van der Waals surface area contributed by atoms with Crippen molar-refractivity contribution in [1.29, 1.82) is 0 Å². The number of ether oxygens (including phenoxy) is 2. The monoisotopic (exact) mass is 271 g/mol. The van der Waals surface area contributed by atoms with E-state index in [4.69, 9.17) is 9.47 Å². The highest BCUT2D eigenvalue weighted by molar-refractivity contribution is 5.60. The lowest BCUT2D eigenvalue weighted by Gasteiger charge is -2.14. The first-order valence-electron chi connectivity index (χ1n) is 6.66. The molecule has 2 rings (SSSR count). The van der Waals surface area contributed by atoms with E-state index >= 15 is 0 Å². The van der Waals surface area contributed by atoms with E-state index in [1.807, 2.05) is 12.1 Å². The Morgan fingerprint density at radius 1 is 0.900 bits per heavy atom. The lowest BCUT2D eigenvalue weighted by Crippen LogP contribution is -2.02. The Balaban J connectivity index is 2.14. The van der Waals surface area contributed by atoms with E-state index < -0.39 is 0 Å². The van der Waals surface area contributed by atoms with Crippen LogP contribution in [-0.2, 0) is 6.54 Å². The molecule has 0 fully saturated rings. The summed E-state index contributed by atoms with van der Waals surface area (Å²) >= 11 is 0. The number of nitrogens with one attached hydrogen (secondary N) is 1. The van der Waals surface area contributed by atoms with Crippen LogP contribution in [0, 0.1) is 13.8 Å². The average molecular weight is 271 g/mol. The lowest BCUT2D eigenvalue weighted by molar-refractivity contribution is 0.355. The van der Waals surface area contributed by atoms with Crippen molar-refractivity contribution >= 4 is 5.69 Å². The first kappa shape index (κ1) is 14.3. The zero-order chi connectivity index (χ0) is 14.5. The van der Waals surface area contributed by atoms with Crippen molar-refractivity contribution in [2.75, 3.05) is 19.5 Å². The molecule has 106 valence electrons. The zero-order valence-corrected chi connectivity index (χ0v) is 12.5. The molecule has 0 saturated carbocycles. The van der Waals surface area contributed by atoms with Crippen LogP contribution >= 0.6 is 0 Å². The molecule has 0 radical (unpaired) electrons. The van der Waals surface area contributed by atoms with Crippen LogP contribution in [-0.4, -0.2) is 14.2 Å². The molecular weight excluding hydrogens is 250 g/mol. The Labute approximate surface area is 120 Å². The van der Waals surface area contributed by atoms with Gasteiger partial charge in [0.1, 0.15) is 0 Å². The molecule has 0 aromatic heterocycles. The van der Waals surface area contributed by atoms with Gasteiger partial charge >= 0.3 is 0 Å². The van der Waals surface area contributed by atoms with E-state index in [1.165, 1.54) is 11.1 Å². The van der Waals surface area contributed by atoms with Crippen molar-refractivity contribution in [2.24, 2.45) is 0 Å². The molecule has 0 spiro atoms. The van der Waals surface area contributed by atoms with Crippen molar-refractivity contribution in [3.63, 3.8) is 0 Å². The maximum Gasteiger partial charge on any atom is 0.162 e. The molecule has 0 atom stereocenters. The summed E-state index contributed by atoms with van der Waals surface area (Å²) in [6.07, 6.45) is 0.